The average molecular weight is 313 g/mol. The van der Waals surface area contributed by atoms with E-state index >= 15 is 0 Å². The van der Waals surface area contributed by atoms with Crippen LogP contribution in [0, 0.1) is 0 Å². The SMILES string of the molecule is C=CCCN(c1ccc(OC)cc1)S(=O)(=O)CC(=O)OC. The molecule has 1 aromatic rings. The van der Waals surface area contributed by atoms with Gasteiger partial charge in [-0.3, -0.25) is 9.10 Å². The first-order chi connectivity index (χ1) is 9.94. The first-order valence-corrected chi connectivity index (χ1v) is 7.87. The van der Waals surface area contributed by atoms with Gasteiger partial charge in [-0.1, -0.05) is 6.08 Å². The lowest BCUT2D eigenvalue weighted by atomic mass is 10.3. The van der Waals surface area contributed by atoms with Gasteiger partial charge in [0.25, 0.3) is 0 Å². The molecule has 0 fully saturated rings. The fraction of sp³-hybridized carbons (Fsp3) is 0.357. The number of hydrogen-bond acceptors (Lipinski definition) is 5. The molecule has 7 heteroatoms. The number of rotatable bonds is 8. The van der Waals surface area contributed by atoms with E-state index in [1.165, 1.54) is 11.4 Å². The van der Waals surface area contributed by atoms with Gasteiger partial charge in [0.15, 0.2) is 5.75 Å². The smallest absolute Gasteiger partial charge is 0.322 e. The minimum Gasteiger partial charge on any atom is -0.497 e. The van der Waals surface area contributed by atoms with E-state index < -0.39 is 21.7 Å². The van der Waals surface area contributed by atoms with E-state index in [9.17, 15) is 13.2 Å². The monoisotopic (exact) mass is 313 g/mol. The Morgan fingerprint density at radius 1 is 1.29 bits per heavy atom. The van der Waals surface area contributed by atoms with Gasteiger partial charge in [-0.25, -0.2) is 8.42 Å². The standard InChI is InChI=1S/C14H19NO5S/c1-4-5-10-15(21(17,18)11-14(16)20-3)12-6-8-13(19-2)9-7-12/h4,6-9H,1,5,10-11H2,2-3H3. The first kappa shape index (κ1) is 17.0. The molecule has 0 spiro atoms. The summed E-state index contributed by atoms with van der Waals surface area (Å²) < 4.78 is 35.3. The zero-order valence-corrected chi connectivity index (χ0v) is 12.9. The van der Waals surface area contributed by atoms with Crippen LogP contribution in [0.15, 0.2) is 36.9 Å². The number of methoxy groups -OCH3 is 2. The van der Waals surface area contributed by atoms with E-state index in [0.29, 0.717) is 17.9 Å². The molecule has 1 rings (SSSR count). The van der Waals surface area contributed by atoms with Crippen LogP contribution in [0.4, 0.5) is 5.69 Å². The van der Waals surface area contributed by atoms with Gasteiger partial charge in [-0.15, -0.1) is 6.58 Å². The minimum atomic E-state index is -3.81. The van der Waals surface area contributed by atoms with Gasteiger partial charge < -0.3 is 9.47 Å². The van der Waals surface area contributed by atoms with E-state index in [1.54, 1.807) is 30.3 Å². The number of benzene rings is 1. The van der Waals surface area contributed by atoms with Crippen LogP contribution in [-0.4, -0.2) is 40.9 Å². The summed E-state index contributed by atoms with van der Waals surface area (Å²) in [7, 11) is -1.13. The molecule has 21 heavy (non-hydrogen) atoms. The molecule has 0 aliphatic carbocycles. The molecule has 0 saturated heterocycles. The number of anilines is 1. The first-order valence-electron chi connectivity index (χ1n) is 6.26. The van der Waals surface area contributed by atoms with Crippen molar-refractivity contribution in [3.05, 3.63) is 36.9 Å². The maximum Gasteiger partial charge on any atom is 0.322 e. The Kier molecular flexibility index (Phi) is 6.23. The maximum atomic E-state index is 12.3. The highest BCUT2D eigenvalue weighted by Crippen LogP contribution is 2.22. The molecular weight excluding hydrogens is 294 g/mol. The Morgan fingerprint density at radius 2 is 1.90 bits per heavy atom. The number of hydrogen-bond donors (Lipinski definition) is 0. The van der Waals surface area contributed by atoms with Gasteiger partial charge >= 0.3 is 5.97 Å². The van der Waals surface area contributed by atoms with Crippen molar-refractivity contribution in [2.45, 2.75) is 6.42 Å². The zero-order chi connectivity index (χ0) is 15.9. The van der Waals surface area contributed by atoms with E-state index in [4.69, 9.17) is 4.74 Å². The quantitative estimate of drug-likeness (QED) is 0.538. The Hall–Kier alpha value is -2.02. The summed E-state index contributed by atoms with van der Waals surface area (Å²) in [6, 6.07) is 6.56. The zero-order valence-electron chi connectivity index (χ0n) is 12.1. The fourth-order valence-corrected chi connectivity index (χ4v) is 3.07. The third kappa shape index (κ3) is 4.78. The van der Waals surface area contributed by atoms with Gasteiger partial charge in [0.05, 0.1) is 19.9 Å². The predicted molar refractivity (Wildman–Crippen MR) is 81.0 cm³/mol. The summed E-state index contributed by atoms with van der Waals surface area (Å²) in [5.41, 5.74) is 0.460. The number of sulfonamides is 1. The molecule has 0 N–H and O–H groups in total. The van der Waals surface area contributed by atoms with Crippen LogP contribution in [0.2, 0.25) is 0 Å². The molecule has 0 radical (unpaired) electrons. The summed E-state index contributed by atoms with van der Waals surface area (Å²) in [6.45, 7) is 3.78. The predicted octanol–water partition coefficient (Wildman–Crippen LogP) is 1.58. The van der Waals surface area contributed by atoms with Crippen molar-refractivity contribution in [3.8, 4) is 5.75 Å². The molecule has 116 valence electrons. The van der Waals surface area contributed by atoms with Gasteiger partial charge in [0.1, 0.15) is 5.75 Å². The maximum absolute atomic E-state index is 12.3. The van der Waals surface area contributed by atoms with Crippen LogP contribution in [-0.2, 0) is 19.6 Å². The highest BCUT2D eigenvalue weighted by atomic mass is 32.2. The van der Waals surface area contributed by atoms with Gasteiger partial charge in [0, 0.05) is 6.54 Å². The van der Waals surface area contributed by atoms with Gasteiger partial charge in [-0.05, 0) is 30.7 Å². The van der Waals surface area contributed by atoms with Crippen LogP contribution in [0.5, 0.6) is 5.75 Å². The molecule has 0 amide bonds. The highest BCUT2D eigenvalue weighted by Gasteiger charge is 2.25. The topological polar surface area (TPSA) is 72.9 Å². The molecule has 0 aliphatic heterocycles. The van der Waals surface area contributed by atoms with Gasteiger partial charge in [-0.2, -0.15) is 0 Å². The molecule has 6 nitrogen and oxygen atoms in total. The fourth-order valence-electron chi connectivity index (χ4n) is 1.67. The number of ether oxygens (including phenoxy) is 2. The number of carbonyl (C=O) groups excluding carboxylic acids is 1. The van der Waals surface area contributed by atoms with Crippen molar-refractivity contribution in [1.82, 2.24) is 0 Å². The van der Waals surface area contributed by atoms with Crippen molar-refractivity contribution in [2.24, 2.45) is 0 Å². The lowest BCUT2D eigenvalue weighted by molar-refractivity contribution is -0.137. The number of esters is 1. The van der Waals surface area contributed by atoms with Crippen molar-refractivity contribution in [2.75, 3.05) is 30.8 Å². The largest absolute Gasteiger partial charge is 0.497 e. The van der Waals surface area contributed by atoms with Crippen LogP contribution in [0.3, 0.4) is 0 Å². The summed E-state index contributed by atoms with van der Waals surface area (Å²) in [6.07, 6.45) is 2.08. The van der Waals surface area contributed by atoms with E-state index in [0.717, 1.165) is 7.11 Å². The highest BCUT2D eigenvalue weighted by molar-refractivity contribution is 7.93. The molecule has 1 aromatic carbocycles. The van der Waals surface area contributed by atoms with Crippen LogP contribution < -0.4 is 9.04 Å². The minimum absolute atomic E-state index is 0.204. The Morgan fingerprint density at radius 3 is 2.38 bits per heavy atom. The average Bonchev–Trinajstić information content (AvgIpc) is 2.47. The van der Waals surface area contributed by atoms with Crippen molar-refractivity contribution < 1.29 is 22.7 Å². The molecular formula is C14H19NO5S. The third-order valence-electron chi connectivity index (χ3n) is 2.76. The molecule has 0 saturated carbocycles. The summed E-state index contributed by atoms with van der Waals surface area (Å²) in [5, 5.41) is 0. The second-order valence-corrected chi connectivity index (χ2v) is 6.07. The molecule has 0 unspecified atom stereocenters. The molecule has 0 aromatic heterocycles. The molecule has 0 atom stereocenters. The summed E-state index contributed by atoms with van der Waals surface area (Å²) >= 11 is 0. The van der Waals surface area contributed by atoms with Crippen LogP contribution >= 0.6 is 0 Å². The van der Waals surface area contributed by atoms with Crippen LogP contribution in [0.1, 0.15) is 6.42 Å². The normalized spacial score (nSPS) is 10.8. The lowest BCUT2D eigenvalue weighted by Gasteiger charge is -2.23. The Balaban J connectivity index is 3.08. The second-order valence-electron chi connectivity index (χ2n) is 4.18. The lowest BCUT2D eigenvalue weighted by Crippen LogP contribution is -2.36. The summed E-state index contributed by atoms with van der Waals surface area (Å²) in [4.78, 5) is 11.3. The molecule has 0 aliphatic rings. The molecule has 0 bridgehead atoms. The van der Waals surface area contributed by atoms with Gasteiger partial charge in [0.2, 0.25) is 10.0 Å². The van der Waals surface area contributed by atoms with E-state index in [1.807, 2.05) is 0 Å². The van der Waals surface area contributed by atoms with Crippen molar-refractivity contribution in [3.63, 3.8) is 0 Å². The number of nitrogens with zero attached hydrogens (tertiary/aromatic N) is 1. The second kappa shape index (κ2) is 7.68. The third-order valence-corrected chi connectivity index (χ3v) is 4.43. The number of carbonyl (C=O) groups is 1. The van der Waals surface area contributed by atoms with Crippen molar-refractivity contribution >= 4 is 21.7 Å². The van der Waals surface area contributed by atoms with E-state index in [-0.39, 0.29) is 6.54 Å². The summed E-state index contributed by atoms with van der Waals surface area (Å²) in [5.74, 6) is -0.882. The van der Waals surface area contributed by atoms with Crippen LogP contribution in [0.25, 0.3) is 0 Å². The Labute approximate surface area is 125 Å². The molecule has 0 heterocycles. The Bertz CT molecular complexity index is 580. The van der Waals surface area contributed by atoms with Crippen molar-refractivity contribution in [1.29, 1.82) is 0 Å². The van der Waals surface area contributed by atoms with E-state index in [2.05, 4.69) is 11.3 Å².